The van der Waals surface area contributed by atoms with Crippen LogP contribution in [0.15, 0.2) is 97.2 Å². The molecule has 0 aromatic carbocycles. The standard InChI is InChI=1S/C71H123NO8/c1-6-8-10-12-14-16-18-20-22-24-26-27-28-29-30-31-32-33-34-35-36-37-38-39-40-41-42-43-44-46-48-50-52-54-56-58-60-62-69(74)80-67(66-79-71(70(75)76)77-64-63-72(3,4)5)65-78-68(73)61-59-57-55-53-51-49-47-45-25-23-21-19-17-15-13-11-9-7-2/h8,10,14,16,20,22,26-27,29-30,32-33,35-36,38-39,67,71H,6-7,9,11-13,15,17-19,21,23-25,28,31,34,37,40-66H2,1-5H3/b10-8-,16-14-,22-20-,27-26-,30-29-,33-32-,36-35-,39-38-. The van der Waals surface area contributed by atoms with Gasteiger partial charge in [0.05, 0.1) is 40.3 Å². The van der Waals surface area contributed by atoms with Gasteiger partial charge in [-0.1, -0.05) is 284 Å². The van der Waals surface area contributed by atoms with Crippen LogP contribution in [0.4, 0.5) is 0 Å². The molecule has 0 bridgehead atoms. The van der Waals surface area contributed by atoms with Crippen LogP contribution in [0.5, 0.6) is 0 Å². The molecule has 0 rings (SSSR count). The van der Waals surface area contributed by atoms with E-state index in [2.05, 4.69) is 111 Å². The average molecular weight is 1120 g/mol. The Balaban J connectivity index is 4.13. The molecule has 0 saturated carbocycles. The van der Waals surface area contributed by atoms with Gasteiger partial charge in [0, 0.05) is 12.8 Å². The molecule has 0 heterocycles. The SMILES string of the molecule is CC/C=C\C/C=C\C/C=C\C/C=C\C/C=C\C/C=C\C/C=C\C/C=C\CCCCCCCCCCCCCCC(=O)OC(COC(=O)CCCCCCCCCCCCCCCCCCCC)COC(OCC[N+](C)(C)C)C(=O)[O-]. The van der Waals surface area contributed by atoms with Crippen LogP contribution in [0.25, 0.3) is 0 Å². The summed E-state index contributed by atoms with van der Waals surface area (Å²) in [5.74, 6) is -2.28. The Morgan fingerprint density at radius 3 is 1.06 bits per heavy atom. The Labute approximate surface area is 492 Å². The zero-order chi connectivity index (χ0) is 58.3. The fraction of sp³-hybridized carbons (Fsp3) is 0.732. The molecule has 0 saturated heterocycles. The quantitative estimate of drug-likeness (QED) is 0.0195. The van der Waals surface area contributed by atoms with Crippen molar-refractivity contribution in [3.8, 4) is 0 Å². The highest BCUT2D eigenvalue weighted by molar-refractivity contribution is 5.70. The smallest absolute Gasteiger partial charge is 0.306 e. The molecule has 2 atom stereocenters. The number of carbonyl (C=O) groups excluding carboxylic acids is 3. The second-order valence-electron chi connectivity index (χ2n) is 23.0. The minimum Gasteiger partial charge on any atom is -0.545 e. The first-order chi connectivity index (χ1) is 39.1. The van der Waals surface area contributed by atoms with Crippen LogP contribution in [0.2, 0.25) is 0 Å². The molecule has 0 aliphatic heterocycles. The lowest BCUT2D eigenvalue weighted by molar-refractivity contribution is -0.870. The Bertz CT molecular complexity index is 1630. The largest absolute Gasteiger partial charge is 0.545 e. The number of quaternary nitrogens is 1. The average Bonchev–Trinajstić information content (AvgIpc) is 3.43. The number of carbonyl (C=O) groups is 3. The summed E-state index contributed by atoms with van der Waals surface area (Å²) in [5, 5.41) is 11.8. The topological polar surface area (TPSA) is 111 Å². The molecule has 0 aliphatic carbocycles. The molecule has 0 spiro atoms. The summed E-state index contributed by atoms with van der Waals surface area (Å²) in [6.45, 7) is 4.66. The van der Waals surface area contributed by atoms with E-state index in [0.717, 1.165) is 89.9 Å². The summed E-state index contributed by atoms with van der Waals surface area (Å²) in [5.41, 5.74) is 0. The second-order valence-corrected chi connectivity index (χ2v) is 23.0. The van der Waals surface area contributed by atoms with E-state index in [0.29, 0.717) is 23.9 Å². The van der Waals surface area contributed by atoms with Crippen molar-refractivity contribution in [2.45, 2.75) is 289 Å². The molecule has 9 heteroatoms. The molecule has 0 radical (unpaired) electrons. The highest BCUT2D eigenvalue weighted by atomic mass is 16.7. The summed E-state index contributed by atoms with van der Waals surface area (Å²) in [4.78, 5) is 37.4. The number of aliphatic carboxylic acids is 1. The first kappa shape index (κ1) is 76.2. The zero-order valence-electron chi connectivity index (χ0n) is 52.4. The molecule has 0 aromatic rings. The van der Waals surface area contributed by atoms with E-state index in [4.69, 9.17) is 18.9 Å². The minimum absolute atomic E-state index is 0.146. The summed E-state index contributed by atoms with van der Waals surface area (Å²) in [6, 6.07) is 0. The van der Waals surface area contributed by atoms with E-state index in [1.165, 1.54) is 154 Å². The number of allylic oxidation sites excluding steroid dienone is 16. The van der Waals surface area contributed by atoms with Gasteiger partial charge in [0.1, 0.15) is 13.2 Å². The summed E-state index contributed by atoms with van der Waals surface area (Å²) < 4.78 is 22.8. The van der Waals surface area contributed by atoms with Gasteiger partial charge >= 0.3 is 11.9 Å². The van der Waals surface area contributed by atoms with Crippen molar-refractivity contribution in [2.24, 2.45) is 0 Å². The molecule has 9 nitrogen and oxygen atoms in total. The fourth-order valence-electron chi connectivity index (χ4n) is 9.08. The maximum absolute atomic E-state index is 12.9. The third kappa shape index (κ3) is 61.8. The van der Waals surface area contributed by atoms with Crippen LogP contribution < -0.4 is 5.11 Å². The van der Waals surface area contributed by atoms with Crippen LogP contribution in [0, 0.1) is 0 Å². The first-order valence-electron chi connectivity index (χ1n) is 32.9. The normalized spacial score (nSPS) is 13.4. The van der Waals surface area contributed by atoms with Gasteiger partial charge in [0.25, 0.3) is 0 Å². The van der Waals surface area contributed by atoms with E-state index in [9.17, 15) is 19.5 Å². The van der Waals surface area contributed by atoms with Crippen LogP contribution in [0.1, 0.15) is 277 Å². The van der Waals surface area contributed by atoms with Crippen molar-refractivity contribution in [3.05, 3.63) is 97.2 Å². The predicted molar refractivity (Wildman–Crippen MR) is 338 cm³/mol. The van der Waals surface area contributed by atoms with Gasteiger partial charge in [-0.05, 0) is 77.0 Å². The molecule has 0 N–H and O–H groups in total. The fourth-order valence-corrected chi connectivity index (χ4v) is 9.08. The predicted octanol–water partition coefficient (Wildman–Crippen LogP) is 18.7. The minimum atomic E-state index is -1.62. The molecule has 460 valence electrons. The highest BCUT2D eigenvalue weighted by Gasteiger charge is 2.22. The van der Waals surface area contributed by atoms with E-state index in [1.807, 2.05) is 21.1 Å². The molecule has 0 aromatic heterocycles. The van der Waals surface area contributed by atoms with E-state index < -0.39 is 24.3 Å². The monoisotopic (exact) mass is 1120 g/mol. The molecular formula is C71H123NO8. The molecule has 0 aliphatic rings. The number of nitrogens with zero attached hydrogens (tertiary/aromatic N) is 1. The Hall–Kier alpha value is -3.79. The number of hydrogen-bond acceptors (Lipinski definition) is 8. The number of unbranched alkanes of at least 4 members (excludes halogenated alkanes) is 29. The van der Waals surface area contributed by atoms with Gasteiger partial charge in [0.2, 0.25) is 0 Å². The van der Waals surface area contributed by atoms with Gasteiger partial charge < -0.3 is 33.3 Å². The number of esters is 2. The van der Waals surface area contributed by atoms with Crippen molar-refractivity contribution in [3.63, 3.8) is 0 Å². The number of ether oxygens (including phenoxy) is 4. The second kappa shape index (κ2) is 61.3. The maximum Gasteiger partial charge on any atom is 0.306 e. The van der Waals surface area contributed by atoms with Crippen LogP contribution >= 0.6 is 0 Å². The van der Waals surface area contributed by atoms with Crippen LogP contribution in [-0.2, 0) is 33.3 Å². The molecular weight excluding hydrogens is 995 g/mol. The number of carboxylic acid groups (broad SMARTS) is 1. The lowest BCUT2D eigenvalue weighted by Gasteiger charge is -2.26. The van der Waals surface area contributed by atoms with Crippen molar-refractivity contribution >= 4 is 17.9 Å². The van der Waals surface area contributed by atoms with Crippen molar-refractivity contribution in [1.82, 2.24) is 0 Å². The number of likely N-dealkylation sites (N-methyl/N-ethyl adjacent to an activating group) is 1. The summed E-state index contributed by atoms with van der Waals surface area (Å²) in [7, 11) is 5.93. The van der Waals surface area contributed by atoms with Gasteiger partial charge in [-0.3, -0.25) is 9.59 Å². The van der Waals surface area contributed by atoms with Crippen molar-refractivity contribution in [1.29, 1.82) is 0 Å². The highest BCUT2D eigenvalue weighted by Crippen LogP contribution is 2.17. The Kier molecular flexibility index (Phi) is 58.4. The van der Waals surface area contributed by atoms with Crippen LogP contribution in [-0.4, -0.2) is 82.3 Å². The molecule has 2 unspecified atom stereocenters. The summed E-state index contributed by atoms with van der Waals surface area (Å²) in [6.07, 6.45) is 80.4. The zero-order valence-corrected chi connectivity index (χ0v) is 52.4. The molecule has 80 heavy (non-hydrogen) atoms. The molecule has 0 amide bonds. The maximum atomic E-state index is 12.9. The Morgan fingerprint density at radius 1 is 0.388 bits per heavy atom. The molecule has 0 fully saturated rings. The van der Waals surface area contributed by atoms with Crippen molar-refractivity contribution in [2.75, 3.05) is 47.5 Å². The third-order valence-corrected chi connectivity index (χ3v) is 14.1. The lowest BCUT2D eigenvalue weighted by Crippen LogP contribution is -2.44. The van der Waals surface area contributed by atoms with E-state index in [-0.39, 0.29) is 32.2 Å². The first-order valence-corrected chi connectivity index (χ1v) is 32.9. The van der Waals surface area contributed by atoms with E-state index in [1.54, 1.807) is 0 Å². The van der Waals surface area contributed by atoms with Gasteiger partial charge in [-0.2, -0.15) is 0 Å². The van der Waals surface area contributed by atoms with Gasteiger partial charge in [-0.15, -0.1) is 0 Å². The van der Waals surface area contributed by atoms with Crippen molar-refractivity contribution < 1.29 is 42.9 Å². The number of carboxylic acids is 1. The number of hydrogen-bond donors (Lipinski definition) is 0. The summed E-state index contributed by atoms with van der Waals surface area (Å²) >= 11 is 0. The van der Waals surface area contributed by atoms with Crippen LogP contribution in [0.3, 0.4) is 0 Å². The Morgan fingerprint density at radius 2 is 0.713 bits per heavy atom. The van der Waals surface area contributed by atoms with Gasteiger partial charge in [-0.25, -0.2) is 0 Å². The number of rotatable bonds is 60. The third-order valence-electron chi connectivity index (χ3n) is 14.1. The lowest BCUT2D eigenvalue weighted by atomic mass is 10.0. The van der Waals surface area contributed by atoms with Gasteiger partial charge in [0.15, 0.2) is 12.4 Å². The van der Waals surface area contributed by atoms with E-state index >= 15 is 0 Å².